The molecule has 0 aliphatic heterocycles. The quantitative estimate of drug-likeness (QED) is 0.267. The average molecular weight is 427 g/mol. The molecule has 1 heterocycles. The van der Waals surface area contributed by atoms with Gasteiger partial charge < -0.3 is 20.5 Å². The van der Waals surface area contributed by atoms with Crippen molar-refractivity contribution in [2.75, 3.05) is 13.3 Å². The van der Waals surface area contributed by atoms with Crippen molar-refractivity contribution in [3.05, 3.63) is 40.6 Å². The molecular formula is C18H23ClN4O6. The third kappa shape index (κ3) is 6.84. The molecule has 29 heavy (non-hydrogen) atoms. The monoisotopic (exact) mass is 426 g/mol. The number of nitro benzene ring substituents is 1. The fourth-order valence-electron chi connectivity index (χ4n) is 2.52. The molecule has 1 atom stereocenters. The molecule has 0 aliphatic carbocycles. The summed E-state index contributed by atoms with van der Waals surface area (Å²) >= 11 is 0. The molecule has 0 unspecified atom stereocenters. The number of pyridine rings is 1. The lowest BCUT2D eigenvalue weighted by Gasteiger charge is -2.14. The van der Waals surface area contributed by atoms with E-state index in [1.54, 1.807) is 12.1 Å². The second-order valence-electron chi connectivity index (χ2n) is 6.47. The van der Waals surface area contributed by atoms with Crippen molar-refractivity contribution in [1.29, 1.82) is 0 Å². The summed E-state index contributed by atoms with van der Waals surface area (Å²) < 4.78 is 10.3. The first kappa shape index (κ1) is 24.1. The van der Waals surface area contributed by atoms with Gasteiger partial charge >= 0.3 is 5.97 Å². The van der Waals surface area contributed by atoms with Crippen molar-refractivity contribution in [2.24, 2.45) is 11.7 Å². The Morgan fingerprint density at radius 2 is 2.03 bits per heavy atom. The summed E-state index contributed by atoms with van der Waals surface area (Å²) in [6, 6.07) is 5.11. The number of aromatic nitrogens is 1. The zero-order chi connectivity index (χ0) is 20.7. The topological polar surface area (TPSA) is 147 Å². The van der Waals surface area contributed by atoms with E-state index in [9.17, 15) is 19.7 Å². The summed E-state index contributed by atoms with van der Waals surface area (Å²) in [7, 11) is 0. The largest absolute Gasteiger partial charge is 0.455 e. The fraction of sp³-hybridized carbons (Fsp3) is 0.389. The number of hydrogen-bond acceptors (Lipinski definition) is 8. The maximum Gasteiger partial charge on any atom is 0.328 e. The molecule has 0 spiro atoms. The van der Waals surface area contributed by atoms with Crippen LogP contribution in [0.25, 0.3) is 10.9 Å². The summed E-state index contributed by atoms with van der Waals surface area (Å²) in [5.74, 6) is -0.648. The molecule has 10 nitrogen and oxygen atoms in total. The predicted octanol–water partition coefficient (Wildman–Crippen LogP) is 1.93. The van der Waals surface area contributed by atoms with Gasteiger partial charge in [0.15, 0.2) is 0 Å². The lowest BCUT2D eigenvalue weighted by atomic mass is 10.0. The number of nitrogens with one attached hydrogen (secondary N) is 1. The molecule has 3 N–H and O–H groups in total. The number of non-ortho nitro benzene ring substituents is 1. The number of nitro groups is 1. The van der Waals surface area contributed by atoms with Crippen LogP contribution >= 0.6 is 12.4 Å². The Morgan fingerprint density at radius 3 is 2.69 bits per heavy atom. The molecule has 158 valence electrons. The van der Waals surface area contributed by atoms with Crippen molar-refractivity contribution in [3.63, 3.8) is 0 Å². The normalized spacial score (nSPS) is 11.4. The van der Waals surface area contributed by atoms with Crippen molar-refractivity contribution >= 4 is 40.9 Å². The number of halogens is 1. The van der Waals surface area contributed by atoms with Crippen LogP contribution in [-0.2, 0) is 14.3 Å². The van der Waals surface area contributed by atoms with Crippen LogP contribution in [-0.4, -0.2) is 41.2 Å². The molecule has 2 rings (SSSR count). The number of carbonyl (C=O) groups excluding carboxylic acids is 2. The Labute approximate surface area is 173 Å². The summed E-state index contributed by atoms with van der Waals surface area (Å²) in [6.07, 6.45) is 1.98. The molecule has 0 aliphatic rings. The van der Waals surface area contributed by atoms with Crippen molar-refractivity contribution in [3.8, 4) is 5.75 Å². The first-order valence-electron chi connectivity index (χ1n) is 8.63. The van der Waals surface area contributed by atoms with Crippen molar-refractivity contribution < 1.29 is 24.0 Å². The second kappa shape index (κ2) is 11.1. The number of carbonyl (C=O) groups is 2. The van der Waals surface area contributed by atoms with Gasteiger partial charge in [-0.3, -0.25) is 24.7 Å². The minimum Gasteiger partial charge on any atom is -0.455 e. The highest BCUT2D eigenvalue weighted by Gasteiger charge is 2.17. The minimum absolute atomic E-state index is 0. The van der Waals surface area contributed by atoms with E-state index in [1.807, 2.05) is 13.8 Å². The number of fused-ring (bicyclic) bond motifs is 1. The van der Waals surface area contributed by atoms with Gasteiger partial charge in [0.2, 0.25) is 12.7 Å². The Kier molecular flexibility index (Phi) is 9.23. The van der Waals surface area contributed by atoms with Gasteiger partial charge in [0.05, 0.1) is 16.4 Å². The summed E-state index contributed by atoms with van der Waals surface area (Å²) in [6.45, 7) is 3.11. The van der Waals surface area contributed by atoms with Gasteiger partial charge in [-0.1, -0.05) is 13.8 Å². The van der Waals surface area contributed by atoms with E-state index in [1.165, 1.54) is 18.3 Å². The van der Waals surface area contributed by atoms with E-state index >= 15 is 0 Å². The van der Waals surface area contributed by atoms with E-state index in [0.29, 0.717) is 11.8 Å². The van der Waals surface area contributed by atoms with E-state index < -0.39 is 29.6 Å². The number of esters is 1. The standard InChI is InChI=1S/C18H22N4O6.ClH/c1-11(2)8-13(19)18(24)21-9-16(23)28-10-27-15-6-5-14(22(25)26)12-4-3-7-20-17(12)15;/h3-7,11,13H,8-10,19H2,1-2H3,(H,21,24);1H/t13-;/m0./s1. The Bertz CT molecular complexity index is 877. The van der Waals surface area contributed by atoms with E-state index in [-0.39, 0.29) is 41.8 Å². The van der Waals surface area contributed by atoms with Crippen molar-refractivity contribution in [1.82, 2.24) is 10.3 Å². The molecule has 0 saturated heterocycles. The zero-order valence-electron chi connectivity index (χ0n) is 16.0. The first-order chi connectivity index (χ1) is 13.3. The zero-order valence-corrected chi connectivity index (χ0v) is 16.8. The van der Waals surface area contributed by atoms with Crippen LogP contribution in [0.5, 0.6) is 5.75 Å². The molecule has 11 heteroatoms. The molecular weight excluding hydrogens is 404 g/mol. The van der Waals surface area contributed by atoms with Crippen LogP contribution in [0.2, 0.25) is 0 Å². The average Bonchev–Trinajstić information content (AvgIpc) is 2.65. The smallest absolute Gasteiger partial charge is 0.328 e. The Balaban J connectivity index is 0.00000420. The maximum absolute atomic E-state index is 11.8. The second-order valence-corrected chi connectivity index (χ2v) is 6.47. The van der Waals surface area contributed by atoms with Gasteiger partial charge in [0.25, 0.3) is 5.69 Å². The summed E-state index contributed by atoms with van der Waals surface area (Å²) in [5.41, 5.74) is 5.90. The number of ether oxygens (including phenoxy) is 2. The lowest BCUT2D eigenvalue weighted by Crippen LogP contribution is -2.43. The van der Waals surface area contributed by atoms with Gasteiger partial charge in [0.1, 0.15) is 17.8 Å². The highest BCUT2D eigenvalue weighted by atomic mass is 35.5. The highest BCUT2D eigenvalue weighted by Crippen LogP contribution is 2.31. The van der Waals surface area contributed by atoms with Gasteiger partial charge in [-0.15, -0.1) is 12.4 Å². The van der Waals surface area contributed by atoms with E-state index in [2.05, 4.69) is 10.3 Å². The van der Waals surface area contributed by atoms with Gasteiger partial charge in [-0.25, -0.2) is 0 Å². The van der Waals surface area contributed by atoms with E-state index in [0.717, 1.165) is 0 Å². The lowest BCUT2D eigenvalue weighted by molar-refractivity contribution is -0.383. The third-order valence-electron chi connectivity index (χ3n) is 3.81. The molecule has 0 radical (unpaired) electrons. The van der Waals surface area contributed by atoms with Crippen LogP contribution in [0.4, 0.5) is 5.69 Å². The Morgan fingerprint density at radius 1 is 1.31 bits per heavy atom. The highest BCUT2D eigenvalue weighted by molar-refractivity contribution is 5.92. The number of rotatable bonds is 9. The number of nitrogens with two attached hydrogens (primary N) is 1. The number of benzene rings is 1. The van der Waals surface area contributed by atoms with Crippen molar-refractivity contribution in [2.45, 2.75) is 26.3 Å². The van der Waals surface area contributed by atoms with Crippen LogP contribution in [0.15, 0.2) is 30.5 Å². The molecule has 2 aromatic rings. The van der Waals surface area contributed by atoms with Crippen LogP contribution in [0, 0.1) is 16.0 Å². The summed E-state index contributed by atoms with van der Waals surface area (Å²) in [4.78, 5) is 38.2. The number of hydrogen-bond donors (Lipinski definition) is 2. The van der Waals surface area contributed by atoms with Crippen LogP contribution in [0.3, 0.4) is 0 Å². The van der Waals surface area contributed by atoms with Gasteiger partial charge in [-0.05, 0) is 30.5 Å². The third-order valence-corrected chi connectivity index (χ3v) is 3.81. The molecule has 1 amide bonds. The molecule has 1 aromatic carbocycles. The molecule has 0 fully saturated rings. The maximum atomic E-state index is 11.8. The predicted molar refractivity (Wildman–Crippen MR) is 108 cm³/mol. The van der Waals surface area contributed by atoms with Crippen LogP contribution in [0.1, 0.15) is 20.3 Å². The van der Waals surface area contributed by atoms with E-state index in [4.69, 9.17) is 15.2 Å². The molecule has 0 bridgehead atoms. The first-order valence-corrected chi connectivity index (χ1v) is 8.63. The SMILES string of the molecule is CC(C)C[C@H](N)C(=O)NCC(=O)OCOc1ccc([N+](=O)[O-])c2cccnc12.Cl. The molecule has 1 aromatic heterocycles. The minimum atomic E-state index is -0.704. The Hall–Kier alpha value is -2.98. The van der Waals surface area contributed by atoms with Gasteiger partial charge in [-0.2, -0.15) is 0 Å². The summed E-state index contributed by atoms with van der Waals surface area (Å²) in [5, 5.41) is 13.8. The van der Waals surface area contributed by atoms with Crippen LogP contribution < -0.4 is 15.8 Å². The fourth-order valence-corrected chi connectivity index (χ4v) is 2.52. The van der Waals surface area contributed by atoms with Gasteiger partial charge in [0, 0.05) is 12.3 Å². The molecule has 0 saturated carbocycles. The number of amides is 1. The number of nitrogens with zero attached hydrogens (tertiary/aromatic N) is 2.